The van der Waals surface area contributed by atoms with Gasteiger partial charge in [0.15, 0.2) is 11.4 Å². The van der Waals surface area contributed by atoms with E-state index in [0.29, 0.717) is 25.0 Å². The van der Waals surface area contributed by atoms with E-state index in [9.17, 15) is 14.4 Å². The van der Waals surface area contributed by atoms with Crippen LogP contribution in [0.5, 0.6) is 17.2 Å². The summed E-state index contributed by atoms with van der Waals surface area (Å²) in [6.45, 7) is 2.92. The highest BCUT2D eigenvalue weighted by Crippen LogP contribution is 2.30. The minimum atomic E-state index is -0.948. The fourth-order valence-corrected chi connectivity index (χ4v) is 3.94. The van der Waals surface area contributed by atoms with E-state index in [-0.39, 0.29) is 23.3 Å². The van der Waals surface area contributed by atoms with E-state index < -0.39 is 36.1 Å². The van der Waals surface area contributed by atoms with Gasteiger partial charge in [0.1, 0.15) is 30.1 Å². The number of methoxy groups -OCH3 is 2. The second-order valence-electron chi connectivity index (χ2n) is 8.05. The van der Waals surface area contributed by atoms with E-state index in [2.05, 4.69) is 10.3 Å². The topological polar surface area (TPSA) is 122 Å². The van der Waals surface area contributed by atoms with E-state index in [1.807, 2.05) is 30.3 Å². The van der Waals surface area contributed by atoms with Crippen LogP contribution in [0.4, 0.5) is 0 Å². The van der Waals surface area contributed by atoms with E-state index >= 15 is 0 Å². The maximum absolute atomic E-state index is 13.0. The molecule has 4 unspecified atom stereocenters. The Labute approximate surface area is 203 Å². The van der Waals surface area contributed by atoms with Crippen LogP contribution in [0.3, 0.4) is 0 Å². The molecule has 188 valence electrons. The van der Waals surface area contributed by atoms with Gasteiger partial charge in [-0.2, -0.15) is 0 Å². The predicted molar refractivity (Wildman–Crippen MR) is 124 cm³/mol. The predicted octanol–water partition coefficient (Wildman–Crippen LogP) is 2.69. The molecule has 1 amide bonds. The molecule has 35 heavy (non-hydrogen) atoms. The number of nitrogens with one attached hydrogen (secondary N) is 1. The van der Waals surface area contributed by atoms with Crippen LogP contribution >= 0.6 is 0 Å². The lowest BCUT2D eigenvalue weighted by Crippen LogP contribution is -2.46. The Morgan fingerprint density at radius 3 is 2.51 bits per heavy atom. The molecule has 2 aromatic rings. The van der Waals surface area contributed by atoms with Gasteiger partial charge in [0.05, 0.1) is 7.11 Å². The Morgan fingerprint density at radius 2 is 1.86 bits per heavy atom. The van der Waals surface area contributed by atoms with Crippen molar-refractivity contribution in [2.24, 2.45) is 0 Å². The monoisotopic (exact) mass is 486 g/mol. The number of para-hydroxylation sites is 1. The zero-order valence-corrected chi connectivity index (χ0v) is 20.2. The highest BCUT2D eigenvalue weighted by Gasteiger charge is 2.36. The molecule has 1 aliphatic rings. The molecular weight excluding hydrogens is 456 g/mol. The molecule has 1 aliphatic heterocycles. The molecule has 2 heterocycles. The number of hydrogen-bond acceptors (Lipinski definition) is 9. The summed E-state index contributed by atoms with van der Waals surface area (Å²) < 4.78 is 27.7. The number of esters is 2. The second kappa shape index (κ2) is 12.2. The number of pyridine rings is 1. The molecule has 1 aromatic heterocycles. The van der Waals surface area contributed by atoms with Crippen molar-refractivity contribution in [1.82, 2.24) is 10.3 Å². The maximum Gasteiger partial charge on any atom is 0.329 e. The third-order valence-electron chi connectivity index (χ3n) is 5.55. The summed E-state index contributed by atoms with van der Waals surface area (Å²) in [5.74, 6) is -1.23. The van der Waals surface area contributed by atoms with Crippen LogP contribution in [0.2, 0.25) is 0 Å². The van der Waals surface area contributed by atoms with Gasteiger partial charge in [-0.3, -0.25) is 9.59 Å². The molecule has 0 bridgehead atoms. The summed E-state index contributed by atoms with van der Waals surface area (Å²) in [5, 5.41) is 2.66. The van der Waals surface area contributed by atoms with Crippen LogP contribution in [0.1, 0.15) is 43.6 Å². The van der Waals surface area contributed by atoms with E-state index in [4.69, 9.17) is 23.7 Å². The fourth-order valence-electron chi connectivity index (χ4n) is 3.94. The number of benzene rings is 1. The standard InChI is InChI=1S/C25H30N2O8/c1-15-22(32-4)20(35-17-9-6-5-7-10-17)12-8-11-18(25(30)33-15)27-24(29)21-23(34-16(2)28)19(31-3)13-14-26-21/h5-7,9-10,13-15,18,20,22H,8,11-12H2,1-4H3,(H,27,29). The molecule has 0 spiro atoms. The SMILES string of the molecule is COc1ccnc(C(=O)NC2CCCC(Oc3ccccc3)C(OC)C(C)OC2=O)c1OC(C)=O. The molecule has 0 saturated carbocycles. The second-order valence-corrected chi connectivity index (χ2v) is 8.05. The van der Waals surface area contributed by atoms with Crippen LogP contribution in [0.25, 0.3) is 0 Å². The Hall–Kier alpha value is -3.66. The molecule has 4 atom stereocenters. The van der Waals surface area contributed by atoms with E-state index in [1.165, 1.54) is 26.3 Å². The van der Waals surface area contributed by atoms with Crippen molar-refractivity contribution in [2.45, 2.75) is 57.5 Å². The van der Waals surface area contributed by atoms with Gasteiger partial charge >= 0.3 is 11.9 Å². The van der Waals surface area contributed by atoms with Crippen LogP contribution in [0.15, 0.2) is 42.6 Å². The molecule has 0 radical (unpaired) electrons. The number of cyclic esters (lactones) is 1. The summed E-state index contributed by atoms with van der Waals surface area (Å²) in [6.07, 6.45) is 1.25. The van der Waals surface area contributed by atoms with Crippen molar-refractivity contribution in [3.8, 4) is 17.2 Å². The van der Waals surface area contributed by atoms with Crippen molar-refractivity contribution >= 4 is 17.8 Å². The molecule has 1 N–H and O–H groups in total. The molecule has 0 aliphatic carbocycles. The number of aromatic nitrogens is 1. The van der Waals surface area contributed by atoms with E-state index in [0.717, 1.165) is 0 Å². The number of amides is 1. The third-order valence-corrected chi connectivity index (χ3v) is 5.55. The van der Waals surface area contributed by atoms with Gasteiger partial charge in [0, 0.05) is 26.3 Å². The van der Waals surface area contributed by atoms with Gasteiger partial charge in [-0.1, -0.05) is 18.2 Å². The van der Waals surface area contributed by atoms with Gasteiger partial charge in [-0.25, -0.2) is 9.78 Å². The largest absolute Gasteiger partial charge is 0.493 e. The lowest BCUT2D eigenvalue weighted by atomic mass is 10.0. The summed E-state index contributed by atoms with van der Waals surface area (Å²) in [4.78, 5) is 41.6. The summed E-state index contributed by atoms with van der Waals surface area (Å²) in [6, 6.07) is 9.85. The van der Waals surface area contributed by atoms with E-state index in [1.54, 1.807) is 14.0 Å². The first-order valence-corrected chi connectivity index (χ1v) is 11.3. The number of carbonyl (C=O) groups excluding carboxylic acids is 3. The van der Waals surface area contributed by atoms with Gasteiger partial charge in [-0.05, 0) is 38.3 Å². The normalized spacial score (nSPS) is 22.6. The zero-order chi connectivity index (χ0) is 25.4. The van der Waals surface area contributed by atoms with Gasteiger partial charge in [0.25, 0.3) is 5.91 Å². The van der Waals surface area contributed by atoms with Crippen LogP contribution in [-0.2, 0) is 19.1 Å². The van der Waals surface area contributed by atoms with Crippen molar-refractivity contribution < 1.29 is 38.1 Å². The van der Waals surface area contributed by atoms with Crippen LogP contribution in [-0.4, -0.2) is 61.4 Å². The quantitative estimate of drug-likeness (QED) is 0.589. The number of rotatable bonds is 7. The minimum absolute atomic E-state index is 0.124. The third kappa shape index (κ3) is 6.69. The van der Waals surface area contributed by atoms with Gasteiger partial charge in [0.2, 0.25) is 5.75 Å². The molecule has 1 fully saturated rings. The first kappa shape index (κ1) is 26.0. The molecule has 3 rings (SSSR count). The zero-order valence-electron chi connectivity index (χ0n) is 20.2. The fraction of sp³-hybridized carbons (Fsp3) is 0.440. The van der Waals surface area contributed by atoms with Crippen molar-refractivity contribution in [1.29, 1.82) is 0 Å². The lowest BCUT2D eigenvalue weighted by Gasteiger charge is -2.30. The molecule has 10 heteroatoms. The average Bonchev–Trinajstić information content (AvgIpc) is 2.88. The van der Waals surface area contributed by atoms with Crippen molar-refractivity contribution in [3.05, 3.63) is 48.3 Å². The van der Waals surface area contributed by atoms with Crippen LogP contribution < -0.4 is 19.5 Å². The number of hydrogen-bond donors (Lipinski definition) is 1. The smallest absolute Gasteiger partial charge is 0.329 e. The number of ether oxygens (including phenoxy) is 5. The first-order valence-electron chi connectivity index (χ1n) is 11.3. The molecule has 1 saturated heterocycles. The Balaban J connectivity index is 1.78. The lowest BCUT2D eigenvalue weighted by molar-refractivity contribution is -0.160. The highest BCUT2D eigenvalue weighted by atomic mass is 16.6. The summed E-state index contributed by atoms with van der Waals surface area (Å²) in [7, 11) is 2.92. The summed E-state index contributed by atoms with van der Waals surface area (Å²) >= 11 is 0. The van der Waals surface area contributed by atoms with Crippen molar-refractivity contribution in [2.75, 3.05) is 14.2 Å². The Kier molecular flexibility index (Phi) is 9.02. The Morgan fingerprint density at radius 1 is 1.11 bits per heavy atom. The van der Waals surface area contributed by atoms with Crippen molar-refractivity contribution in [3.63, 3.8) is 0 Å². The molecular formula is C25H30N2O8. The summed E-state index contributed by atoms with van der Waals surface area (Å²) in [5.41, 5.74) is -0.180. The maximum atomic E-state index is 13.0. The number of nitrogens with zero attached hydrogens (tertiary/aromatic N) is 1. The molecule has 10 nitrogen and oxygen atoms in total. The highest BCUT2D eigenvalue weighted by molar-refractivity contribution is 5.98. The average molecular weight is 487 g/mol. The first-order chi connectivity index (χ1) is 16.8. The number of carbonyl (C=O) groups is 3. The minimum Gasteiger partial charge on any atom is -0.493 e. The van der Waals surface area contributed by atoms with Gasteiger partial charge < -0.3 is 29.0 Å². The van der Waals surface area contributed by atoms with Gasteiger partial charge in [-0.15, -0.1) is 0 Å². The van der Waals surface area contributed by atoms with Crippen LogP contribution in [0, 0.1) is 0 Å². The Bertz CT molecular complexity index is 1030. The molecule has 1 aromatic carbocycles.